The van der Waals surface area contributed by atoms with Crippen molar-refractivity contribution >= 4 is 45.0 Å². The predicted molar refractivity (Wildman–Crippen MR) is 95.0 cm³/mol. The number of nitrogens with one attached hydrogen (secondary N) is 2. The quantitative estimate of drug-likeness (QED) is 0.702. The highest BCUT2D eigenvalue weighted by atomic mass is 35.5. The molecule has 3 aromatic rings. The molecule has 2 amide bonds. The van der Waals surface area contributed by atoms with Crippen LogP contribution in [0.2, 0.25) is 5.02 Å². The van der Waals surface area contributed by atoms with Crippen molar-refractivity contribution in [3.8, 4) is 0 Å². The number of benzene rings is 2. The molecule has 122 valence electrons. The fourth-order valence-corrected chi connectivity index (χ4v) is 3.30. The Bertz CT molecular complexity index is 861. The fourth-order valence-electron chi connectivity index (χ4n) is 2.14. The molecule has 0 saturated heterocycles. The summed E-state index contributed by atoms with van der Waals surface area (Å²) in [5, 5.41) is 1.36. The lowest BCUT2D eigenvalue weighted by Crippen LogP contribution is -2.41. The Labute approximate surface area is 147 Å². The average Bonchev–Trinajstić information content (AvgIpc) is 3.00. The number of fused-ring (bicyclic) bond motifs is 1. The Balaban J connectivity index is 1.49. The molecule has 3 rings (SSSR count). The molecule has 2 N–H and O–H groups in total. The maximum absolute atomic E-state index is 11.9. The van der Waals surface area contributed by atoms with Gasteiger partial charge in [-0.15, -0.1) is 11.3 Å². The minimum absolute atomic E-state index is 0.246. The molecule has 1 aromatic heterocycles. The topological polar surface area (TPSA) is 71.1 Å². The second-order valence-corrected chi connectivity index (χ2v) is 6.64. The number of thiazole rings is 1. The molecule has 7 heteroatoms. The van der Waals surface area contributed by atoms with Gasteiger partial charge >= 0.3 is 0 Å². The van der Waals surface area contributed by atoms with Gasteiger partial charge in [0.05, 0.1) is 15.2 Å². The van der Waals surface area contributed by atoms with Crippen LogP contribution in [0.15, 0.2) is 48.5 Å². The first-order valence-corrected chi connectivity index (χ1v) is 8.50. The molecule has 0 atom stereocenters. The van der Waals surface area contributed by atoms with Crippen molar-refractivity contribution in [1.82, 2.24) is 15.8 Å². The van der Waals surface area contributed by atoms with Gasteiger partial charge in [-0.2, -0.15) is 0 Å². The van der Waals surface area contributed by atoms with E-state index in [2.05, 4.69) is 15.8 Å². The summed E-state index contributed by atoms with van der Waals surface area (Å²) in [4.78, 5) is 28.2. The van der Waals surface area contributed by atoms with E-state index in [-0.39, 0.29) is 12.3 Å². The second-order valence-electron chi connectivity index (χ2n) is 5.09. The largest absolute Gasteiger partial charge is 0.273 e. The van der Waals surface area contributed by atoms with E-state index >= 15 is 0 Å². The van der Waals surface area contributed by atoms with Gasteiger partial charge in [0, 0.05) is 23.4 Å². The lowest BCUT2D eigenvalue weighted by molar-refractivity contribution is -0.121. The lowest BCUT2D eigenvalue weighted by Gasteiger charge is -2.07. The Kier molecular flexibility index (Phi) is 5.08. The van der Waals surface area contributed by atoms with E-state index in [1.54, 1.807) is 29.5 Å². The summed E-state index contributed by atoms with van der Waals surface area (Å²) in [6.07, 6.45) is 0.772. The SMILES string of the molecule is O=C(CCc1nc2ccccc2s1)NNC(=O)c1cccc(Cl)c1. The van der Waals surface area contributed by atoms with Gasteiger partial charge in [0.1, 0.15) is 0 Å². The number of rotatable bonds is 4. The van der Waals surface area contributed by atoms with Crippen LogP contribution in [0.1, 0.15) is 21.8 Å². The number of hydrazine groups is 1. The van der Waals surface area contributed by atoms with Gasteiger partial charge in [0.15, 0.2) is 0 Å². The highest BCUT2D eigenvalue weighted by Crippen LogP contribution is 2.22. The summed E-state index contributed by atoms with van der Waals surface area (Å²) in [6, 6.07) is 14.3. The van der Waals surface area contributed by atoms with Gasteiger partial charge < -0.3 is 0 Å². The number of halogens is 1. The zero-order valence-electron chi connectivity index (χ0n) is 12.6. The molecular weight excluding hydrogens is 346 g/mol. The third kappa shape index (κ3) is 4.10. The van der Waals surface area contributed by atoms with E-state index in [4.69, 9.17) is 11.6 Å². The third-order valence-corrected chi connectivity index (χ3v) is 4.64. The van der Waals surface area contributed by atoms with Gasteiger partial charge in [-0.3, -0.25) is 20.4 Å². The molecule has 0 aliphatic rings. The van der Waals surface area contributed by atoms with Crippen LogP contribution < -0.4 is 10.9 Å². The third-order valence-electron chi connectivity index (χ3n) is 3.31. The van der Waals surface area contributed by atoms with Gasteiger partial charge in [0.2, 0.25) is 5.91 Å². The first-order chi connectivity index (χ1) is 11.6. The molecule has 0 fully saturated rings. The Morgan fingerprint density at radius 3 is 2.71 bits per heavy atom. The molecule has 0 aliphatic heterocycles. The summed E-state index contributed by atoms with van der Waals surface area (Å²) in [5.74, 6) is -0.685. The van der Waals surface area contributed by atoms with Crippen LogP contribution in [-0.2, 0) is 11.2 Å². The molecular formula is C17H14ClN3O2S. The van der Waals surface area contributed by atoms with Crippen LogP contribution in [-0.4, -0.2) is 16.8 Å². The smallest absolute Gasteiger partial charge is 0.269 e. The van der Waals surface area contributed by atoms with Crippen molar-refractivity contribution in [1.29, 1.82) is 0 Å². The minimum Gasteiger partial charge on any atom is -0.273 e. The molecule has 0 unspecified atom stereocenters. The minimum atomic E-state index is -0.411. The fraction of sp³-hybridized carbons (Fsp3) is 0.118. The van der Waals surface area contributed by atoms with Crippen molar-refractivity contribution in [2.45, 2.75) is 12.8 Å². The van der Waals surface area contributed by atoms with E-state index in [9.17, 15) is 9.59 Å². The Morgan fingerprint density at radius 1 is 1.08 bits per heavy atom. The maximum atomic E-state index is 11.9. The van der Waals surface area contributed by atoms with Gasteiger partial charge in [-0.1, -0.05) is 29.8 Å². The van der Waals surface area contributed by atoms with Crippen molar-refractivity contribution in [3.63, 3.8) is 0 Å². The number of hydrogen-bond acceptors (Lipinski definition) is 4. The molecule has 24 heavy (non-hydrogen) atoms. The van der Waals surface area contributed by atoms with Gasteiger partial charge in [0.25, 0.3) is 5.91 Å². The second kappa shape index (κ2) is 7.42. The van der Waals surface area contributed by atoms with Crippen molar-refractivity contribution in [2.75, 3.05) is 0 Å². The van der Waals surface area contributed by atoms with Gasteiger partial charge in [-0.25, -0.2) is 4.98 Å². The predicted octanol–water partition coefficient (Wildman–Crippen LogP) is 3.34. The van der Waals surface area contributed by atoms with Crippen LogP contribution in [0.3, 0.4) is 0 Å². The molecule has 1 heterocycles. The number of hydrogen-bond donors (Lipinski definition) is 2. The van der Waals surface area contributed by atoms with E-state index in [1.165, 1.54) is 6.07 Å². The number of carbonyl (C=O) groups excluding carboxylic acids is 2. The van der Waals surface area contributed by atoms with Crippen LogP contribution in [0.25, 0.3) is 10.2 Å². The molecule has 2 aromatic carbocycles. The van der Waals surface area contributed by atoms with Crippen molar-refractivity contribution < 1.29 is 9.59 Å². The van der Waals surface area contributed by atoms with Crippen molar-refractivity contribution in [2.24, 2.45) is 0 Å². The number of aromatic nitrogens is 1. The van der Waals surface area contributed by atoms with E-state index in [0.717, 1.165) is 15.2 Å². The highest BCUT2D eigenvalue weighted by Gasteiger charge is 2.09. The average molecular weight is 360 g/mol. The number of aryl methyl sites for hydroxylation is 1. The highest BCUT2D eigenvalue weighted by molar-refractivity contribution is 7.18. The number of amides is 2. The molecule has 0 spiro atoms. The summed E-state index contributed by atoms with van der Waals surface area (Å²) >= 11 is 7.40. The van der Waals surface area contributed by atoms with E-state index < -0.39 is 5.91 Å². The van der Waals surface area contributed by atoms with Crippen LogP contribution >= 0.6 is 22.9 Å². The Hall–Kier alpha value is -2.44. The van der Waals surface area contributed by atoms with Crippen LogP contribution in [0.4, 0.5) is 0 Å². The molecule has 0 bridgehead atoms. The zero-order chi connectivity index (χ0) is 16.9. The normalized spacial score (nSPS) is 10.5. The van der Waals surface area contributed by atoms with Crippen LogP contribution in [0, 0.1) is 0 Å². The lowest BCUT2D eigenvalue weighted by atomic mass is 10.2. The molecule has 0 saturated carbocycles. The van der Waals surface area contributed by atoms with Crippen molar-refractivity contribution in [3.05, 3.63) is 64.1 Å². The Morgan fingerprint density at radius 2 is 1.92 bits per heavy atom. The molecule has 5 nitrogen and oxygen atoms in total. The monoisotopic (exact) mass is 359 g/mol. The van der Waals surface area contributed by atoms with E-state index in [1.807, 2.05) is 24.3 Å². The summed E-state index contributed by atoms with van der Waals surface area (Å²) in [6.45, 7) is 0. The number of para-hydroxylation sites is 1. The first-order valence-electron chi connectivity index (χ1n) is 7.31. The standard InChI is InChI=1S/C17H14ClN3O2S/c18-12-5-3-4-11(10-12)17(23)21-20-15(22)8-9-16-19-13-6-1-2-7-14(13)24-16/h1-7,10H,8-9H2,(H,20,22)(H,21,23). The van der Waals surface area contributed by atoms with Gasteiger partial charge in [-0.05, 0) is 30.3 Å². The molecule has 0 radical (unpaired) electrons. The maximum Gasteiger partial charge on any atom is 0.269 e. The summed E-state index contributed by atoms with van der Waals surface area (Å²) in [5.41, 5.74) is 6.09. The first kappa shape index (κ1) is 16.4. The summed E-state index contributed by atoms with van der Waals surface area (Å²) in [7, 11) is 0. The van der Waals surface area contributed by atoms with Crippen LogP contribution in [0.5, 0.6) is 0 Å². The zero-order valence-corrected chi connectivity index (χ0v) is 14.2. The number of carbonyl (C=O) groups is 2. The molecule has 0 aliphatic carbocycles. The summed E-state index contributed by atoms with van der Waals surface area (Å²) < 4.78 is 1.10. The van der Waals surface area contributed by atoms with E-state index in [0.29, 0.717) is 17.0 Å². The number of nitrogens with zero attached hydrogens (tertiary/aromatic N) is 1.